The number of ether oxygens (including phenoxy) is 1. The molecule has 18 heavy (non-hydrogen) atoms. The summed E-state index contributed by atoms with van der Waals surface area (Å²) in [4.78, 5) is 13.7. The summed E-state index contributed by atoms with van der Waals surface area (Å²) in [6.07, 6.45) is 4.11. The standard InChI is InChI=1S/C11H20N2O4S/c1-18(15,16)12-7-10(14)13-5-2-3-11(8-13)4-6-17-9-11/h12H,2-9H2,1H3. The van der Waals surface area contributed by atoms with Crippen LogP contribution in [0.1, 0.15) is 19.3 Å². The summed E-state index contributed by atoms with van der Waals surface area (Å²) >= 11 is 0. The van der Waals surface area contributed by atoms with Crippen molar-refractivity contribution in [2.24, 2.45) is 5.41 Å². The molecule has 1 unspecified atom stereocenters. The van der Waals surface area contributed by atoms with Crippen LogP contribution in [0.15, 0.2) is 0 Å². The van der Waals surface area contributed by atoms with Crippen LogP contribution in [0.5, 0.6) is 0 Å². The van der Waals surface area contributed by atoms with Crippen LogP contribution in [0.4, 0.5) is 0 Å². The van der Waals surface area contributed by atoms with Crippen molar-refractivity contribution in [2.45, 2.75) is 19.3 Å². The molecule has 1 atom stereocenters. The van der Waals surface area contributed by atoms with Crippen LogP contribution in [0.2, 0.25) is 0 Å². The lowest BCUT2D eigenvalue weighted by Crippen LogP contribution is -2.49. The van der Waals surface area contributed by atoms with E-state index in [1.165, 1.54) is 0 Å². The second-order valence-corrected chi connectivity index (χ2v) is 7.15. The molecule has 0 radical (unpaired) electrons. The van der Waals surface area contributed by atoms with Gasteiger partial charge in [0.1, 0.15) is 0 Å². The molecule has 1 N–H and O–H groups in total. The maximum absolute atomic E-state index is 11.9. The second kappa shape index (κ2) is 5.14. The van der Waals surface area contributed by atoms with E-state index in [1.807, 2.05) is 0 Å². The lowest BCUT2D eigenvalue weighted by atomic mass is 9.79. The minimum atomic E-state index is -3.31. The highest BCUT2D eigenvalue weighted by atomic mass is 32.2. The van der Waals surface area contributed by atoms with Crippen molar-refractivity contribution in [3.63, 3.8) is 0 Å². The Hall–Kier alpha value is -0.660. The van der Waals surface area contributed by atoms with Crippen molar-refractivity contribution in [3.8, 4) is 0 Å². The topological polar surface area (TPSA) is 75.7 Å². The van der Waals surface area contributed by atoms with Crippen LogP contribution < -0.4 is 4.72 Å². The maximum atomic E-state index is 11.9. The van der Waals surface area contributed by atoms with Crippen molar-refractivity contribution in [3.05, 3.63) is 0 Å². The summed E-state index contributed by atoms with van der Waals surface area (Å²) in [5.74, 6) is -0.147. The summed E-state index contributed by atoms with van der Waals surface area (Å²) < 4.78 is 29.6. The van der Waals surface area contributed by atoms with Gasteiger partial charge in [0.2, 0.25) is 15.9 Å². The van der Waals surface area contributed by atoms with E-state index >= 15 is 0 Å². The number of likely N-dealkylation sites (tertiary alicyclic amines) is 1. The molecule has 7 heteroatoms. The van der Waals surface area contributed by atoms with Gasteiger partial charge in [-0.05, 0) is 19.3 Å². The molecule has 2 fully saturated rings. The van der Waals surface area contributed by atoms with Crippen LogP contribution in [0.25, 0.3) is 0 Å². The number of rotatable bonds is 3. The maximum Gasteiger partial charge on any atom is 0.237 e. The number of piperidine rings is 1. The summed E-state index contributed by atoms with van der Waals surface area (Å²) in [5.41, 5.74) is 0.110. The molecule has 2 heterocycles. The van der Waals surface area contributed by atoms with Crippen LogP contribution >= 0.6 is 0 Å². The molecule has 2 aliphatic heterocycles. The van der Waals surface area contributed by atoms with E-state index in [1.54, 1.807) is 4.90 Å². The normalized spacial score (nSPS) is 28.8. The van der Waals surface area contributed by atoms with Crippen LogP contribution in [0, 0.1) is 5.41 Å². The Kier molecular flexibility index (Phi) is 3.93. The minimum absolute atomic E-state index is 0.110. The van der Waals surface area contributed by atoms with Crippen molar-refractivity contribution >= 4 is 15.9 Å². The predicted molar refractivity (Wildman–Crippen MR) is 66.5 cm³/mol. The van der Waals surface area contributed by atoms with E-state index in [0.717, 1.165) is 38.7 Å². The first kappa shape index (κ1) is 13.8. The Bertz CT molecular complexity index is 415. The first-order chi connectivity index (χ1) is 8.40. The third kappa shape index (κ3) is 3.43. The quantitative estimate of drug-likeness (QED) is 0.758. The molecule has 2 aliphatic rings. The fraction of sp³-hybridized carbons (Fsp3) is 0.909. The summed E-state index contributed by atoms with van der Waals surface area (Å²) in [7, 11) is -3.31. The Morgan fingerprint density at radius 1 is 1.44 bits per heavy atom. The molecular formula is C11H20N2O4S. The van der Waals surface area contributed by atoms with Gasteiger partial charge >= 0.3 is 0 Å². The van der Waals surface area contributed by atoms with Gasteiger partial charge in [-0.3, -0.25) is 4.79 Å². The number of sulfonamides is 1. The van der Waals surface area contributed by atoms with Gasteiger partial charge in [0.05, 0.1) is 19.4 Å². The van der Waals surface area contributed by atoms with E-state index in [4.69, 9.17) is 4.74 Å². The third-order valence-electron chi connectivity index (χ3n) is 3.68. The van der Waals surface area contributed by atoms with E-state index < -0.39 is 10.0 Å². The monoisotopic (exact) mass is 276 g/mol. The first-order valence-electron chi connectivity index (χ1n) is 6.20. The number of hydrogen-bond donors (Lipinski definition) is 1. The molecule has 0 aromatic heterocycles. The predicted octanol–water partition coefficient (Wildman–Crippen LogP) is -0.435. The van der Waals surface area contributed by atoms with Gasteiger partial charge in [-0.2, -0.15) is 0 Å². The molecule has 0 aromatic rings. The lowest BCUT2D eigenvalue weighted by Gasteiger charge is -2.39. The molecule has 0 bridgehead atoms. The van der Waals surface area contributed by atoms with E-state index in [2.05, 4.69) is 4.72 Å². The average molecular weight is 276 g/mol. The van der Waals surface area contributed by atoms with Crippen molar-refractivity contribution in [2.75, 3.05) is 39.1 Å². The number of carbonyl (C=O) groups is 1. The van der Waals surface area contributed by atoms with Crippen LogP contribution in [-0.2, 0) is 19.6 Å². The van der Waals surface area contributed by atoms with Gasteiger partial charge < -0.3 is 9.64 Å². The molecule has 104 valence electrons. The Labute approximate surface area is 108 Å². The average Bonchev–Trinajstić information content (AvgIpc) is 2.73. The first-order valence-corrected chi connectivity index (χ1v) is 8.10. The van der Waals surface area contributed by atoms with Gasteiger partial charge in [0.15, 0.2) is 0 Å². The number of amides is 1. The Morgan fingerprint density at radius 3 is 2.83 bits per heavy atom. The number of nitrogens with one attached hydrogen (secondary N) is 1. The largest absolute Gasteiger partial charge is 0.381 e. The van der Waals surface area contributed by atoms with Crippen molar-refractivity contribution in [1.29, 1.82) is 0 Å². The molecular weight excluding hydrogens is 256 g/mol. The molecule has 2 rings (SSSR count). The van der Waals surface area contributed by atoms with E-state index in [0.29, 0.717) is 13.1 Å². The SMILES string of the molecule is CS(=O)(=O)NCC(=O)N1CCCC2(CCOC2)C1. The van der Waals surface area contributed by atoms with Crippen molar-refractivity contribution in [1.82, 2.24) is 9.62 Å². The van der Waals surface area contributed by atoms with Crippen molar-refractivity contribution < 1.29 is 17.9 Å². The van der Waals surface area contributed by atoms with Gasteiger partial charge in [0, 0.05) is 25.1 Å². The van der Waals surface area contributed by atoms with Gasteiger partial charge in [-0.1, -0.05) is 0 Å². The van der Waals surface area contributed by atoms with Gasteiger partial charge in [-0.25, -0.2) is 13.1 Å². The Balaban J connectivity index is 1.90. The summed E-state index contributed by atoms with van der Waals surface area (Å²) in [5, 5.41) is 0. The smallest absolute Gasteiger partial charge is 0.237 e. The highest BCUT2D eigenvalue weighted by molar-refractivity contribution is 7.88. The number of nitrogens with zero attached hydrogens (tertiary/aromatic N) is 1. The third-order valence-corrected chi connectivity index (χ3v) is 4.35. The fourth-order valence-corrected chi connectivity index (χ4v) is 3.08. The molecule has 2 saturated heterocycles. The zero-order valence-electron chi connectivity index (χ0n) is 10.6. The van der Waals surface area contributed by atoms with Gasteiger partial charge in [0.25, 0.3) is 0 Å². The molecule has 1 spiro atoms. The molecule has 0 aromatic carbocycles. The molecule has 0 saturated carbocycles. The zero-order chi connectivity index (χ0) is 13.2. The fourth-order valence-electron chi connectivity index (χ4n) is 2.70. The lowest BCUT2D eigenvalue weighted by molar-refractivity contribution is -0.133. The highest BCUT2D eigenvalue weighted by Crippen LogP contribution is 2.37. The zero-order valence-corrected chi connectivity index (χ0v) is 11.5. The number of carbonyl (C=O) groups excluding carboxylic acids is 1. The molecule has 1 amide bonds. The highest BCUT2D eigenvalue weighted by Gasteiger charge is 2.40. The van der Waals surface area contributed by atoms with Gasteiger partial charge in [-0.15, -0.1) is 0 Å². The van der Waals surface area contributed by atoms with Crippen LogP contribution in [0.3, 0.4) is 0 Å². The second-order valence-electron chi connectivity index (χ2n) is 5.31. The van der Waals surface area contributed by atoms with E-state index in [-0.39, 0.29) is 17.9 Å². The Morgan fingerprint density at radius 2 is 2.22 bits per heavy atom. The molecule has 6 nitrogen and oxygen atoms in total. The minimum Gasteiger partial charge on any atom is -0.381 e. The summed E-state index contributed by atoms with van der Waals surface area (Å²) in [6.45, 7) is 2.75. The summed E-state index contributed by atoms with van der Waals surface area (Å²) in [6, 6.07) is 0. The van der Waals surface area contributed by atoms with Crippen LogP contribution in [-0.4, -0.2) is 58.3 Å². The number of hydrogen-bond acceptors (Lipinski definition) is 4. The molecule has 0 aliphatic carbocycles. The van der Waals surface area contributed by atoms with E-state index in [9.17, 15) is 13.2 Å².